The number of hydrogen-bond acceptors (Lipinski definition) is 1. The summed E-state index contributed by atoms with van der Waals surface area (Å²) >= 11 is 0. The minimum Gasteiger partial charge on any atom is -0.351 e. The molecule has 2 amide bonds. The summed E-state index contributed by atoms with van der Waals surface area (Å²) in [7, 11) is 0. The van der Waals surface area contributed by atoms with Crippen molar-refractivity contribution in [3.8, 4) is 0 Å². The van der Waals surface area contributed by atoms with E-state index in [1.165, 1.54) is 11.0 Å². The maximum absolute atomic E-state index is 14.0. The summed E-state index contributed by atoms with van der Waals surface area (Å²) in [5.74, 6) is -0.965. The van der Waals surface area contributed by atoms with Crippen LogP contribution in [-0.4, -0.2) is 17.5 Å². The fourth-order valence-electron chi connectivity index (χ4n) is 2.89. The highest BCUT2D eigenvalue weighted by Gasteiger charge is 2.27. The highest BCUT2D eigenvalue weighted by molar-refractivity contribution is 5.76. The summed E-state index contributed by atoms with van der Waals surface area (Å²) in [6, 6.07) is 11.8. The quantitative estimate of drug-likeness (QED) is 0.898. The van der Waals surface area contributed by atoms with Gasteiger partial charge in [-0.05, 0) is 35.8 Å². The molecular weight excluding hydrogens is 298 g/mol. The van der Waals surface area contributed by atoms with Gasteiger partial charge in [0.05, 0.1) is 6.04 Å². The number of hydrogen-bond donors (Lipinski definition) is 1. The van der Waals surface area contributed by atoms with E-state index in [9.17, 15) is 13.6 Å². The van der Waals surface area contributed by atoms with E-state index in [0.29, 0.717) is 18.5 Å². The van der Waals surface area contributed by atoms with Crippen LogP contribution in [0, 0.1) is 11.6 Å². The molecule has 0 aliphatic carbocycles. The Hall–Kier alpha value is -2.69. The number of benzene rings is 2. The summed E-state index contributed by atoms with van der Waals surface area (Å²) in [6.07, 6.45) is 2.20. The van der Waals surface area contributed by atoms with Crippen LogP contribution in [0.2, 0.25) is 0 Å². The normalized spacial score (nSPS) is 17.7. The monoisotopic (exact) mass is 314 g/mol. The topological polar surface area (TPSA) is 46.3 Å². The lowest BCUT2D eigenvalue weighted by molar-refractivity contribution is 0.194. The van der Waals surface area contributed by atoms with Gasteiger partial charge in [0, 0.05) is 12.1 Å². The van der Waals surface area contributed by atoms with Crippen LogP contribution in [-0.2, 0) is 0 Å². The molecule has 1 unspecified atom stereocenters. The molecule has 2 aromatic rings. The summed E-state index contributed by atoms with van der Waals surface area (Å²) in [4.78, 5) is 13.2. The predicted octanol–water partition coefficient (Wildman–Crippen LogP) is 3.87. The molecule has 1 aliphatic rings. The molecule has 1 heterocycles. The Morgan fingerprint density at radius 3 is 2.57 bits per heavy atom. The molecule has 0 fully saturated rings. The van der Waals surface area contributed by atoms with Crippen molar-refractivity contribution in [2.45, 2.75) is 12.5 Å². The number of rotatable bonds is 2. The molecule has 1 aliphatic heterocycles. The van der Waals surface area contributed by atoms with Crippen molar-refractivity contribution in [3.05, 3.63) is 77.4 Å². The number of carbonyl (C=O) groups excluding carboxylic acids is 1. The average Bonchev–Trinajstić information content (AvgIpc) is 2.57. The first-order valence-corrected chi connectivity index (χ1v) is 7.33. The van der Waals surface area contributed by atoms with E-state index in [-0.39, 0.29) is 11.6 Å². The van der Waals surface area contributed by atoms with Gasteiger partial charge in [0.2, 0.25) is 0 Å². The largest absolute Gasteiger partial charge is 0.351 e. The van der Waals surface area contributed by atoms with Gasteiger partial charge in [0.25, 0.3) is 0 Å². The van der Waals surface area contributed by atoms with Gasteiger partial charge in [0.1, 0.15) is 11.6 Å². The van der Waals surface area contributed by atoms with Crippen LogP contribution in [0.4, 0.5) is 13.6 Å². The van der Waals surface area contributed by atoms with Gasteiger partial charge in [-0.15, -0.1) is 0 Å². The number of nitrogens with two attached hydrogens (primary N) is 1. The Kier molecular flexibility index (Phi) is 4.10. The number of amides is 2. The van der Waals surface area contributed by atoms with E-state index in [1.807, 2.05) is 30.3 Å². The third kappa shape index (κ3) is 3.08. The minimum atomic E-state index is -0.533. The summed E-state index contributed by atoms with van der Waals surface area (Å²) in [5, 5.41) is 0. The lowest BCUT2D eigenvalue weighted by Crippen LogP contribution is -2.40. The number of halogens is 2. The first kappa shape index (κ1) is 15.2. The Balaban J connectivity index is 2.06. The lowest BCUT2D eigenvalue weighted by atomic mass is 9.92. The molecule has 0 radical (unpaired) electrons. The Bertz CT molecular complexity index is 759. The molecule has 1 atom stereocenters. The second-order valence-corrected chi connectivity index (χ2v) is 5.45. The molecular formula is C18H16F2N2O. The second-order valence-electron chi connectivity index (χ2n) is 5.45. The van der Waals surface area contributed by atoms with Crippen LogP contribution < -0.4 is 5.73 Å². The van der Waals surface area contributed by atoms with Crippen LogP contribution in [0.15, 0.2) is 54.6 Å². The average molecular weight is 314 g/mol. The van der Waals surface area contributed by atoms with Crippen LogP contribution in [0.25, 0.3) is 5.57 Å². The number of nitrogens with zero attached hydrogens (tertiary/aromatic N) is 1. The number of primary amides is 1. The maximum atomic E-state index is 14.0. The summed E-state index contributed by atoms with van der Waals surface area (Å²) in [5.41, 5.74) is 7.24. The standard InChI is InChI=1S/C18H16F2N2O/c19-14-6-7-16(20)15(11-14)13-8-9-22(18(21)23)17(10-13)12-4-2-1-3-5-12/h1-7,10-11,17H,8-9H2,(H2,21,23). The van der Waals surface area contributed by atoms with Gasteiger partial charge in [-0.3, -0.25) is 0 Å². The van der Waals surface area contributed by atoms with Crippen molar-refractivity contribution in [1.29, 1.82) is 0 Å². The predicted molar refractivity (Wildman–Crippen MR) is 84.4 cm³/mol. The van der Waals surface area contributed by atoms with E-state index in [4.69, 9.17) is 5.73 Å². The first-order chi connectivity index (χ1) is 11.1. The van der Waals surface area contributed by atoms with Gasteiger partial charge < -0.3 is 10.6 Å². The van der Waals surface area contributed by atoms with Crippen molar-refractivity contribution < 1.29 is 13.6 Å². The number of carbonyl (C=O) groups is 1. The fraction of sp³-hybridized carbons (Fsp3) is 0.167. The van der Waals surface area contributed by atoms with Gasteiger partial charge in [-0.25, -0.2) is 13.6 Å². The van der Waals surface area contributed by atoms with Crippen molar-refractivity contribution in [3.63, 3.8) is 0 Å². The number of urea groups is 1. The Morgan fingerprint density at radius 2 is 1.87 bits per heavy atom. The molecule has 2 N–H and O–H groups in total. The van der Waals surface area contributed by atoms with E-state index in [1.54, 1.807) is 6.08 Å². The van der Waals surface area contributed by atoms with Crippen molar-refractivity contribution in [2.24, 2.45) is 5.73 Å². The van der Waals surface area contributed by atoms with Crippen LogP contribution in [0.5, 0.6) is 0 Å². The van der Waals surface area contributed by atoms with E-state index in [2.05, 4.69) is 0 Å². The molecule has 5 heteroatoms. The van der Waals surface area contributed by atoms with Crippen LogP contribution in [0.1, 0.15) is 23.6 Å². The molecule has 0 saturated carbocycles. The van der Waals surface area contributed by atoms with E-state index < -0.39 is 17.7 Å². The molecule has 0 aromatic heterocycles. The zero-order valence-corrected chi connectivity index (χ0v) is 12.4. The Morgan fingerprint density at radius 1 is 1.13 bits per heavy atom. The van der Waals surface area contributed by atoms with E-state index in [0.717, 1.165) is 17.7 Å². The molecule has 2 aromatic carbocycles. The SMILES string of the molecule is NC(=O)N1CCC(c2cc(F)ccc2F)=CC1c1ccccc1. The van der Waals surface area contributed by atoms with Crippen LogP contribution >= 0.6 is 0 Å². The third-order valence-corrected chi connectivity index (χ3v) is 4.02. The lowest BCUT2D eigenvalue weighted by Gasteiger charge is -2.33. The fourth-order valence-corrected chi connectivity index (χ4v) is 2.89. The first-order valence-electron chi connectivity index (χ1n) is 7.33. The highest BCUT2D eigenvalue weighted by atomic mass is 19.1. The van der Waals surface area contributed by atoms with Gasteiger partial charge in [-0.2, -0.15) is 0 Å². The maximum Gasteiger partial charge on any atom is 0.315 e. The third-order valence-electron chi connectivity index (χ3n) is 4.02. The zero-order valence-electron chi connectivity index (χ0n) is 12.4. The summed E-state index contributed by atoms with van der Waals surface area (Å²) < 4.78 is 27.5. The highest BCUT2D eigenvalue weighted by Crippen LogP contribution is 2.34. The van der Waals surface area contributed by atoms with Crippen molar-refractivity contribution >= 4 is 11.6 Å². The molecule has 118 valence electrons. The van der Waals surface area contributed by atoms with Gasteiger partial charge >= 0.3 is 6.03 Å². The molecule has 23 heavy (non-hydrogen) atoms. The second kappa shape index (κ2) is 6.20. The Labute approximate surface area is 133 Å². The molecule has 3 rings (SSSR count). The van der Waals surface area contributed by atoms with Crippen LogP contribution in [0.3, 0.4) is 0 Å². The molecule has 0 spiro atoms. The van der Waals surface area contributed by atoms with E-state index >= 15 is 0 Å². The molecule has 0 bridgehead atoms. The minimum absolute atomic E-state index is 0.232. The molecule has 0 saturated heterocycles. The molecule has 3 nitrogen and oxygen atoms in total. The van der Waals surface area contributed by atoms with Gasteiger partial charge in [0.15, 0.2) is 0 Å². The zero-order chi connectivity index (χ0) is 16.4. The smallest absolute Gasteiger partial charge is 0.315 e. The van der Waals surface area contributed by atoms with Crippen molar-refractivity contribution in [1.82, 2.24) is 4.90 Å². The summed E-state index contributed by atoms with van der Waals surface area (Å²) in [6.45, 7) is 0.358. The van der Waals surface area contributed by atoms with Gasteiger partial charge in [-0.1, -0.05) is 36.4 Å². The van der Waals surface area contributed by atoms with Crippen molar-refractivity contribution in [2.75, 3.05) is 6.54 Å².